The van der Waals surface area contributed by atoms with E-state index in [-0.39, 0.29) is 24.6 Å². The van der Waals surface area contributed by atoms with Crippen LogP contribution in [-0.4, -0.2) is 69.7 Å². The van der Waals surface area contributed by atoms with Gasteiger partial charge in [0.25, 0.3) is 5.91 Å². The Morgan fingerprint density at radius 1 is 1.12 bits per heavy atom. The number of nitrogens with two attached hydrogens (primary N) is 1. The molecule has 0 radical (unpaired) electrons. The average molecular weight is 570 g/mol. The zero-order valence-electron chi connectivity index (χ0n) is 24.4. The van der Waals surface area contributed by atoms with Gasteiger partial charge in [-0.05, 0) is 52.8 Å². The van der Waals surface area contributed by atoms with Crippen LogP contribution in [0, 0.1) is 6.92 Å². The summed E-state index contributed by atoms with van der Waals surface area (Å²) in [6.07, 6.45) is 3.66. The number of carbonyl (C=O) groups is 3. The van der Waals surface area contributed by atoms with Crippen LogP contribution >= 0.6 is 0 Å². The van der Waals surface area contributed by atoms with Gasteiger partial charge in [0.2, 0.25) is 11.9 Å². The molecule has 222 valence electrons. The molecule has 0 aliphatic rings. The van der Waals surface area contributed by atoms with Gasteiger partial charge in [0.15, 0.2) is 0 Å². The van der Waals surface area contributed by atoms with E-state index in [0.29, 0.717) is 54.4 Å². The Kier molecular flexibility index (Phi) is 10.5. The van der Waals surface area contributed by atoms with Crippen molar-refractivity contribution >= 4 is 34.9 Å². The predicted molar refractivity (Wildman–Crippen MR) is 154 cm³/mol. The number of aromatic nitrogens is 4. The highest BCUT2D eigenvalue weighted by molar-refractivity contribution is 6.04. The molecule has 2 heterocycles. The summed E-state index contributed by atoms with van der Waals surface area (Å²) in [4.78, 5) is 41.9. The second-order valence-electron chi connectivity index (χ2n) is 10.2. The molecular weight excluding hydrogens is 530 g/mol. The maximum Gasteiger partial charge on any atom is 0.407 e. The molecule has 2 aromatic heterocycles. The molecule has 0 fully saturated rings. The number of aryl methyl sites for hydroxylation is 2. The van der Waals surface area contributed by atoms with Crippen molar-refractivity contribution in [3.8, 4) is 5.75 Å². The van der Waals surface area contributed by atoms with Crippen molar-refractivity contribution in [2.45, 2.75) is 59.7 Å². The van der Waals surface area contributed by atoms with Crippen LogP contribution in [0.2, 0.25) is 0 Å². The van der Waals surface area contributed by atoms with E-state index in [1.807, 2.05) is 19.9 Å². The molecule has 0 aliphatic heterocycles. The Morgan fingerprint density at radius 2 is 1.88 bits per heavy atom. The maximum absolute atomic E-state index is 13.3. The second-order valence-corrected chi connectivity index (χ2v) is 10.2. The van der Waals surface area contributed by atoms with E-state index >= 15 is 0 Å². The average Bonchev–Trinajstić information content (AvgIpc) is 3.44. The smallest absolute Gasteiger partial charge is 0.407 e. The van der Waals surface area contributed by atoms with Crippen molar-refractivity contribution in [2.24, 2.45) is 5.73 Å². The molecule has 0 saturated heterocycles. The summed E-state index contributed by atoms with van der Waals surface area (Å²) in [6.45, 7) is 10.9. The van der Waals surface area contributed by atoms with Crippen LogP contribution in [-0.2, 0) is 22.6 Å². The molecule has 3 amide bonds. The third-order valence-electron chi connectivity index (χ3n) is 5.72. The Labute approximate surface area is 239 Å². The topological polar surface area (TPSA) is 165 Å². The highest BCUT2D eigenvalue weighted by Gasteiger charge is 2.21. The molecule has 3 rings (SSSR count). The minimum absolute atomic E-state index is 0.221. The Balaban J connectivity index is 1.97. The van der Waals surface area contributed by atoms with Crippen LogP contribution in [0.5, 0.6) is 5.75 Å². The summed E-state index contributed by atoms with van der Waals surface area (Å²) in [5.74, 6) is -0.406. The zero-order chi connectivity index (χ0) is 30.2. The van der Waals surface area contributed by atoms with E-state index in [9.17, 15) is 14.4 Å². The van der Waals surface area contributed by atoms with E-state index < -0.39 is 23.5 Å². The van der Waals surface area contributed by atoms with Gasteiger partial charge in [-0.3, -0.25) is 19.6 Å². The predicted octanol–water partition coefficient (Wildman–Crippen LogP) is 3.41. The number of allylic oxidation sites excluding steroid dienone is 1. The number of nitrogens with zero attached hydrogens (tertiary/aromatic N) is 4. The summed E-state index contributed by atoms with van der Waals surface area (Å²) >= 11 is 0. The van der Waals surface area contributed by atoms with Gasteiger partial charge in [-0.2, -0.15) is 5.10 Å². The van der Waals surface area contributed by atoms with E-state index in [2.05, 4.69) is 20.7 Å². The van der Waals surface area contributed by atoms with Crippen LogP contribution in [0.4, 0.5) is 10.7 Å². The van der Waals surface area contributed by atoms with Crippen LogP contribution < -0.4 is 21.1 Å². The van der Waals surface area contributed by atoms with Gasteiger partial charge in [0, 0.05) is 45.3 Å². The first kappa shape index (κ1) is 31.1. The SMILES string of the molecule is CCn1nc(C)cc1C(=O)Nc1nc2cc(C(N)=O)cc(OCCCOC)c2n1CC=CCNC(=O)OC(C)(C)C. The van der Waals surface area contributed by atoms with Gasteiger partial charge in [-0.15, -0.1) is 0 Å². The number of anilines is 1. The van der Waals surface area contributed by atoms with Crippen molar-refractivity contribution in [2.75, 3.05) is 32.2 Å². The largest absolute Gasteiger partial charge is 0.491 e. The summed E-state index contributed by atoms with van der Waals surface area (Å²) in [7, 11) is 1.60. The molecule has 0 unspecified atom stereocenters. The Hall–Kier alpha value is -4.39. The fraction of sp³-hybridized carbons (Fsp3) is 0.464. The quantitative estimate of drug-likeness (QED) is 0.208. The molecule has 0 atom stereocenters. The molecule has 41 heavy (non-hydrogen) atoms. The van der Waals surface area contributed by atoms with Crippen LogP contribution in [0.3, 0.4) is 0 Å². The van der Waals surface area contributed by atoms with Crippen LogP contribution in [0.1, 0.15) is 60.7 Å². The van der Waals surface area contributed by atoms with E-state index in [4.69, 9.17) is 19.9 Å². The van der Waals surface area contributed by atoms with Crippen LogP contribution in [0.25, 0.3) is 11.0 Å². The van der Waals surface area contributed by atoms with Crippen molar-refractivity contribution in [3.05, 3.63) is 47.3 Å². The van der Waals surface area contributed by atoms with Crippen LogP contribution in [0.15, 0.2) is 30.4 Å². The van der Waals surface area contributed by atoms with E-state index in [0.717, 1.165) is 0 Å². The van der Waals surface area contributed by atoms with Crippen molar-refractivity contribution < 1.29 is 28.6 Å². The number of benzene rings is 1. The summed E-state index contributed by atoms with van der Waals surface area (Å²) in [6, 6.07) is 4.81. The van der Waals surface area contributed by atoms with Gasteiger partial charge in [-0.25, -0.2) is 9.78 Å². The van der Waals surface area contributed by atoms with Gasteiger partial charge in [-0.1, -0.05) is 12.2 Å². The molecular formula is C28H39N7O6. The number of hydrogen-bond acceptors (Lipinski definition) is 8. The lowest BCUT2D eigenvalue weighted by Crippen LogP contribution is -2.32. The Bertz CT molecular complexity index is 1420. The third-order valence-corrected chi connectivity index (χ3v) is 5.72. The number of carbonyl (C=O) groups excluding carboxylic acids is 3. The number of fused-ring (bicyclic) bond motifs is 1. The van der Waals surface area contributed by atoms with E-state index in [1.165, 1.54) is 0 Å². The molecule has 0 spiro atoms. The number of imidazole rings is 1. The molecule has 13 heteroatoms. The van der Waals surface area contributed by atoms with Gasteiger partial charge >= 0.3 is 6.09 Å². The van der Waals surface area contributed by atoms with Gasteiger partial charge in [0.05, 0.1) is 17.8 Å². The summed E-state index contributed by atoms with van der Waals surface area (Å²) < 4.78 is 19.8. The lowest BCUT2D eigenvalue weighted by atomic mass is 10.1. The van der Waals surface area contributed by atoms with E-state index in [1.54, 1.807) is 61.4 Å². The second kappa shape index (κ2) is 13.8. The number of alkyl carbamates (subject to hydrolysis) is 1. The molecule has 4 N–H and O–H groups in total. The number of primary amides is 1. The number of amides is 3. The standard InChI is InChI=1S/C28H39N7O6/c1-7-35-21(15-18(2)33-35)25(37)32-26-31-20-16-19(24(29)36)17-22(40-14-10-13-39-6)23(20)34(26)12-9-8-11-30-27(38)41-28(3,4)5/h8-9,15-17H,7,10-14H2,1-6H3,(H2,29,36)(H,30,38)(H,31,32,37). The molecule has 0 bridgehead atoms. The number of nitrogens with one attached hydrogen (secondary N) is 2. The minimum Gasteiger partial charge on any atom is -0.491 e. The normalized spacial score (nSPS) is 11.7. The first-order valence-corrected chi connectivity index (χ1v) is 13.4. The third kappa shape index (κ3) is 8.55. The molecule has 3 aromatic rings. The van der Waals surface area contributed by atoms with Crippen molar-refractivity contribution in [1.82, 2.24) is 24.6 Å². The fourth-order valence-electron chi connectivity index (χ4n) is 4.00. The van der Waals surface area contributed by atoms with Gasteiger partial charge < -0.3 is 29.8 Å². The first-order chi connectivity index (χ1) is 19.4. The lowest BCUT2D eigenvalue weighted by molar-refractivity contribution is 0.0533. The van der Waals surface area contributed by atoms with Gasteiger partial charge in [0.1, 0.15) is 22.6 Å². The zero-order valence-corrected chi connectivity index (χ0v) is 24.4. The van der Waals surface area contributed by atoms with Crippen molar-refractivity contribution in [1.29, 1.82) is 0 Å². The minimum atomic E-state index is -0.635. The molecule has 13 nitrogen and oxygen atoms in total. The Morgan fingerprint density at radius 3 is 2.54 bits per heavy atom. The number of rotatable bonds is 13. The monoisotopic (exact) mass is 569 g/mol. The summed E-state index contributed by atoms with van der Waals surface area (Å²) in [5.41, 5.74) is 7.27. The molecule has 0 saturated carbocycles. The highest BCUT2D eigenvalue weighted by atomic mass is 16.6. The lowest BCUT2D eigenvalue weighted by Gasteiger charge is -2.19. The number of hydrogen-bond donors (Lipinski definition) is 3. The maximum atomic E-state index is 13.3. The molecule has 1 aromatic carbocycles. The molecule has 0 aliphatic carbocycles. The van der Waals surface area contributed by atoms with Crippen molar-refractivity contribution in [3.63, 3.8) is 0 Å². The number of methoxy groups -OCH3 is 1. The highest BCUT2D eigenvalue weighted by Crippen LogP contribution is 2.31. The first-order valence-electron chi connectivity index (χ1n) is 13.4. The number of ether oxygens (including phenoxy) is 3. The summed E-state index contributed by atoms with van der Waals surface area (Å²) in [5, 5.41) is 9.90. The fourth-order valence-corrected chi connectivity index (χ4v) is 4.00.